The smallest absolute Gasteiger partial charge is 0.329 e. The van der Waals surface area contributed by atoms with Crippen molar-refractivity contribution in [2.75, 3.05) is 11.9 Å². The number of amides is 2. The third-order valence-electron chi connectivity index (χ3n) is 4.39. The molecule has 2 N–H and O–H groups in total. The van der Waals surface area contributed by atoms with Crippen LogP contribution in [0.4, 0.5) is 23.7 Å². The number of carbonyl (C=O) groups excluding carboxylic acids is 1. The molecule has 0 aliphatic heterocycles. The minimum absolute atomic E-state index is 0.368. The predicted octanol–water partition coefficient (Wildman–Crippen LogP) is 4.09. The summed E-state index contributed by atoms with van der Waals surface area (Å²) in [5, 5.41) is 8.57. The molecule has 1 aromatic carbocycles. The summed E-state index contributed by atoms with van der Waals surface area (Å²) < 4.78 is 40.3. The Kier molecular flexibility index (Phi) is 4.90. The van der Waals surface area contributed by atoms with E-state index in [-0.39, 0.29) is 0 Å². The van der Waals surface area contributed by atoms with Gasteiger partial charge in [0.15, 0.2) is 0 Å². The molecule has 3 aromatic heterocycles. The first-order valence-electron chi connectivity index (χ1n) is 8.98. The molecule has 7 nitrogen and oxygen atoms in total. The molecule has 4 rings (SSSR count). The number of benzene rings is 1. The molecule has 4 aromatic rings. The maximum absolute atomic E-state index is 12.2. The Balaban J connectivity index is 1.57. The number of urea groups is 1. The molecule has 2 amide bonds. The minimum Gasteiger partial charge on any atom is -0.329 e. The van der Waals surface area contributed by atoms with E-state index in [1.165, 1.54) is 0 Å². The van der Waals surface area contributed by atoms with Crippen LogP contribution in [0.15, 0.2) is 61.1 Å². The van der Waals surface area contributed by atoms with Gasteiger partial charge in [-0.15, -0.1) is 0 Å². The van der Waals surface area contributed by atoms with Crippen molar-refractivity contribution in [3.8, 4) is 22.5 Å². The van der Waals surface area contributed by atoms with E-state index in [2.05, 4.69) is 15.4 Å². The average Bonchev–Trinajstić information content (AvgIpc) is 3.32. The SMILES string of the molecule is Cn1ccc(-c2ccn3c(-c4cccc(NC(=O)NCC(F)(F)F)c4)cnc3c2)n1. The number of rotatable bonds is 4. The summed E-state index contributed by atoms with van der Waals surface area (Å²) in [7, 11) is 1.85. The molecule has 0 bridgehead atoms. The Morgan fingerprint density at radius 3 is 2.67 bits per heavy atom. The summed E-state index contributed by atoms with van der Waals surface area (Å²) in [4.78, 5) is 16.1. The monoisotopic (exact) mass is 414 g/mol. The van der Waals surface area contributed by atoms with E-state index in [0.717, 1.165) is 28.2 Å². The number of alkyl halides is 3. The highest BCUT2D eigenvalue weighted by Crippen LogP contribution is 2.26. The number of hydrogen-bond donors (Lipinski definition) is 2. The third kappa shape index (κ3) is 4.27. The second-order valence-corrected chi connectivity index (χ2v) is 6.67. The van der Waals surface area contributed by atoms with E-state index in [4.69, 9.17) is 0 Å². The van der Waals surface area contributed by atoms with Crippen LogP contribution in [0.1, 0.15) is 0 Å². The van der Waals surface area contributed by atoms with Gasteiger partial charge < -0.3 is 10.6 Å². The van der Waals surface area contributed by atoms with Gasteiger partial charge in [0.2, 0.25) is 0 Å². The number of carbonyl (C=O) groups is 1. The van der Waals surface area contributed by atoms with Crippen LogP contribution in [0.5, 0.6) is 0 Å². The van der Waals surface area contributed by atoms with Gasteiger partial charge in [-0.1, -0.05) is 12.1 Å². The fourth-order valence-corrected chi connectivity index (χ4v) is 3.03. The molecule has 0 saturated heterocycles. The molecule has 3 heterocycles. The van der Waals surface area contributed by atoms with Gasteiger partial charge in [0, 0.05) is 36.3 Å². The molecule has 0 aliphatic carbocycles. The number of nitrogens with zero attached hydrogens (tertiary/aromatic N) is 4. The number of nitrogens with one attached hydrogen (secondary N) is 2. The van der Waals surface area contributed by atoms with Crippen LogP contribution in [-0.4, -0.2) is 37.9 Å². The van der Waals surface area contributed by atoms with E-state index >= 15 is 0 Å². The second-order valence-electron chi connectivity index (χ2n) is 6.67. The van der Waals surface area contributed by atoms with Crippen LogP contribution in [-0.2, 0) is 7.05 Å². The normalized spacial score (nSPS) is 11.6. The quantitative estimate of drug-likeness (QED) is 0.528. The molecular weight excluding hydrogens is 397 g/mol. The zero-order chi connectivity index (χ0) is 21.3. The molecule has 0 spiro atoms. The van der Waals surface area contributed by atoms with Crippen molar-refractivity contribution in [3.05, 3.63) is 61.1 Å². The number of aromatic nitrogens is 4. The maximum atomic E-state index is 12.2. The largest absolute Gasteiger partial charge is 0.405 e. The van der Waals surface area contributed by atoms with Gasteiger partial charge in [-0.05, 0) is 30.3 Å². The maximum Gasteiger partial charge on any atom is 0.405 e. The molecular formula is C20H17F3N6O. The first-order chi connectivity index (χ1) is 14.3. The summed E-state index contributed by atoms with van der Waals surface area (Å²) in [6.45, 7) is -1.40. The summed E-state index contributed by atoms with van der Waals surface area (Å²) >= 11 is 0. The van der Waals surface area contributed by atoms with E-state index in [1.807, 2.05) is 48.1 Å². The zero-order valence-electron chi connectivity index (χ0n) is 15.8. The Hall–Kier alpha value is -3.82. The lowest BCUT2D eigenvalue weighted by molar-refractivity contribution is -0.122. The number of hydrogen-bond acceptors (Lipinski definition) is 3. The molecule has 0 aliphatic rings. The fraction of sp³-hybridized carbons (Fsp3) is 0.150. The van der Waals surface area contributed by atoms with Gasteiger partial charge in [-0.25, -0.2) is 9.78 Å². The van der Waals surface area contributed by atoms with Gasteiger partial charge in [-0.3, -0.25) is 9.08 Å². The van der Waals surface area contributed by atoms with Gasteiger partial charge >= 0.3 is 12.2 Å². The molecule has 30 heavy (non-hydrogen) atoms. The molecule has 0 atom stereocenters. The van der Waals surface area contributed by atoms with Gasteiger partial charge in [0.1, 0.15) is 12.2 Å². The number of imidazole rings is 1. The van der Waals surface area contributed by atoms with Crippen molar-refractivity contribution in [1.29, 1.82) is 0 Å². The van der Waals surface area contributed by atoms with Crippen LogP contribution in [0.25, 0.3) is 28.2 Å². The fourth-order valence-electron chi connectivity index (χ4n) is 3.03. The highest BCUT2D eigenvalue weighted by atomic mass is 19.4. The highest BCUT2D eigenvalue weighted by Gasteiger charge is 2.27. The number of pyridine rings is 1. The molecule has 0 radical (unpaired) electrons. The van der Waals surface area contributed by atoms with Crippen molar-refractivity contribution in [1.82, 2.24) is 24.5 Å². The highest BCUT2D eigenvalue weighted by molar-refractivity contribution is 5.90. The number of fused-ring (bicyclic) bond motifs is 1. The molecule has 10 heteroatoms. The van der Waals surface area contributed by atoms with E-state index in [9.17, 15) is 18.0 Å². The molecule has 0 saturated carbocycles. The summed E-state index contributed by atoms with van der Waals surface area (Å²) in [6.07, 6.45) is 0.960. The van der Waals surface area contributed by atoms with Crippen molar-refractivity contribution >= 4 is 17.4 Å². The van der Waals surface area contributed by atoms with E-state index in [1.54, 1.807) is 34.4 Å². The Morgan fingerprint density at radius 2 is 1.93 bits per heavy atom. The molecule has 0 unspecified atom stereocenters. The summed E-state index contributed by atoms with van der Waals surface area (Å²) in [6, 6.07) is 11.6. The Bertz CT molecular complexity index is 1210. The minimum atomic E-state index is -4.47. The third-order valence-corrected chi connectivity index (χ3v) is 4.39. The van der Waals surface area contributed by atoms with Crippen LogP contribution < -0.4 is 10.6 Å². The van der Waals surface area contributed by atoms with Crippen LogP contribution in [0, 0.1) is 0 Å². The number of halogens is 3. The second kappa shape index (κ2) is 7.54. The first-order valence-corrected chi connectivity index (χ1v) is 8.98. The summed E-state index contributed by atoms with van der Waals surface area (Å²) in [5.41, 5.74) is 4.37. The number of anilines is 1. The van der Waals surface area contributed by atoms with Gasteiger partial charge in [-0.2, -0.15) is 18.3 Å². The topological polar surface area (TPSA) is 76.2 Å². The lowest BCUT2D eigenvalue weighted by atomic mass is 10.1. The Morgan fingerprint density at radius 1 is 1.10 bits per heavy atom. The summed E-state index contributed by atoms with van der Waals surface area (Å²) in [5.74, 6) is 0. The van der Waals surface area contributed by atoms with Crippen molar-refractivity contribution in [2.45, 2.75) is 6.18 Å². The zero-order valence-corrected chi connectivity index (χ0v) is 15.8. The van der Waals surface area contributed by atoms with Gasteiger partial charge in [0.25, 0.3) is 0 Å². The standard InChI is InChI=1S/C20H17F3N6O/c1-28-7-6-16(27-28)13-5-8-29-17(11-24-18(29)10-13)14-3-2-4-15(9-14)26-19(30)25-12-20(21,22)23/h2-11H,12H2,1H3,(H2,25,26,30). The van der Waals surface area contributed by atoms with Crippen molar-refractivity contribution < 1.29 is 18.0 Å². The molecule has 154 valence electrons. The average molecular weight is 414 g/mol. The molecule has 0 fully saturated rings. The van der Waals surface area contributed by atoms with Crippen LogP contribution in [0.3, 0.4) is 0 Å². The van der Waals surface area contributed by atoms with Crippen molar-refractivity contribution in [2.24, 2.45) is 7.05 Å². The first kappa shape index (κ1) is 19.5. The lowest BCUT2D eigenvalue weighted by Crippen LogP contribution is -2.36. The van der Waals surface area contributed by atoms with Gasteiger partial charge in [0.05, 0.1) is 17.6 Å². The van der Waals surface area contributed by atoms with E-state index in [0.29, 0.717) is 5.69 Å². The predicted molar refractivity (Wildman–Crippen MR) is 106 cm³/mol. The van der Waals surface area contributed by atoms with Crippen LogP contribution in [0.2, 0.25) is 0 Å². The van der Waals surface area contributed by atoms with Crippen molar-refractivity contribution in [3.63, 3.8) is 0 Å². The van der Waals surface area contributed by atoms with E-state index < -0.39 is 18.8 Å². The lowest BCUT2D eigenvalue weighted by Gasteiger charge is -2.11. The number of aryl methyl sites for hydroxylation is 1. The Labute approximate surface area is 169 Å². The van der Waals surface area contributed by atoms with Crippen LogP contribution >= 0.6 is 0 Å².